The van der Waals surface area contributed by atoms with Crippen molar-refractivity contribution in [3.05, 3.63) is 60.7 Å². The first-order valence-electron chi connectivity index (χ1n) is 6.50. The summed E-state index contributed by atoms with van der Waals surface area (Å²) in [4.78, 5) is 0. The molecule has 0 unspecified atom stereocenters. The SMILES string of the molecule is O[C@H](COc1ccccc1)OCCOc1ccccc1. The van der Waals surface area contributed by atoms with Crippen LogP contribution in [0.5, 0.6) is 11.5 Å². The van der Waals surface area contributed by atoms with E-state index in [-0.39, 0.29) is 6.61 Å². The topological polar surface area (TPSA) is 47.9 Å². The molecule has 0 radical (unpaired) electrons. The highest BCUT2D eigenvalue weighted by atomic mass is 16.6. The fourth-order valence-electron chi connectivity index (χ4n) is 1.59. The number of para-hydroxylation sites is 2. The van der Waals surface area contributed by atoms with Crippen LogP contribution >= 0.6 is 0 Å². The lowest BCUT2D eigenvalue weighted by atomic mass is 10.3. The monoisotopic (exact) mass is 274 g/mol. The van der Waals surface area contributed by atoms with Gasteiger partial charge < -0.3 is 19.3 Å². The minimum absolute atomic E-state index is 0.0926. The van der Waals surface area contributed by atoms with E-state index < -0.39 is 6.29 Å². The standard InChI is InChI=1S/C16H18O4/c17-16(13-20-15-9-5-2-6-10-15)19-12-11-18-14-7-3-1-4-8-14/h1-10,16-17H,11-13H2/t16-/m0/s1. The van der Waals surface area contributed by atoms with Gasteiger partial charge in [0, 0.05) is 0 Å². The zero-order valence-electron chi connectivity index (χ0n) is 11.1. The largest absolute Gasteiger partial charge is 0.491 e. The smallest absolute Gasteiger partial charge is 0.189 e. The Labute approximate surface area is 118 Å². The van der Waals surface area contributed by atoms with Crippen LogP contribution in [0.4, 0.5) is 0 Å². The Balaban J connectivity index is 1.57. The molecule has 0 aliphatic heterocycles. The predicted molar refractivity (Wildman–Crippen MR) is 75.8 cm³/mol. The maximum Gasteiger partial charge on any atom is 0.189 e. The lowest BCUT2D eigenvalue weighted by molar-refractivity contribution is -0.123. The number of ether oxygens (including phenoxy) is 3. The second kappa shape index (κ2) is 8.19. The molecule has 4 nitrogen and oxygen atoms in total. The lowest BCUT2D eigenvalue weighted by Gasteiger charge is -2.13. The van der Waals surface area contributed by atoms with Crippen LogP contribution < -0.4 is 9.47 Å². The molecule has 4 heteroatoms. The Morgan fingerprint density at radius 1 is 0.750 bits per heavy atom. The van der Waals surface area contributed by atoms with Gasteiger partial charge in [-0.25, -0.2) is 0 Å². The van der Waals surface area contributed by atoms with Gasteiger partial charge in [-0.05, 0) is 24.3 Å². The van der Waals surface area contributed by atoms with Gasteiger partial charge in [-0.3, -0.25) is 0 Å². The highest BCUT2D eigenvalue weighted by molar-refractivity contribution is 5.21. The summed E-state index contributed by atoms with van der Waals surface area (Å²) in [7, 11) is 0. The zero-order valence-corrected chi connectivity index (χ0v) is 11.1. The molecule has 2 aromatic carbocycles. The van der Waals surface area contributed by atoms with Gasteiger partial charge in [-0.15, -0.1) is 0 Å². The molecule has 20 heavy (non-hydrogen) atoms. The van der Waals surface area contributed by atoms with Crippen molar-refractivity contribution < 1.29 is 19.3 Å². The number of aliphatic hydroxyl groups is 1. The summed E-state index contributed by atoms with van der Waals surface area (Å²) in [5.74, 6) is 1.49. The van der Waals surface area contributed by atoms with E-state index in [1.807, 2.05) is 60.7 Å². The fraction of sp³-hybridized carbons (Fsp3) is 0.250. The van der Waals surface area contributed by atoms with Crippen LogP contribution in [0.3, 0.4) is 0 Å². The summed E-state index contributed by atoms with van der Waals surface area (Å²) in [5.41, 5.74) is 0. The molecule has 0 amide bonds. The summed E-state index contributed by atoms with van der Waals surface area (Å²) in [6.45, 7) is 0.774. The molecule has 0 saturated heterocycles. The molecule has 0 saturated carbocycles. The van der Waals surface area contributed by atoms with Crippen molar-refractivity contribution >= 4 is 0 Å². The molecule has 0 heterocycles. The van der Waals surface area contributed by atoms with Gasteiger partial charge in [-0.1, -0.05) is 36.4 Å². The van der Waals surface area contributed by atoms with Crippen LogP contribution in [0.1, 0.15) is 0 Å². The summed E-state index contributed by atoms with van der Waals surface area (Å²) in [6, 6.07) is 18.8. The third-order valence-electron chi connectivity index (χ3n) is 2.54. The number of benzene rings is 2. The van der Waals surface area contributed by atoms with Gasteiger partial charge in [0.1, 0.15) is 24.7 Å². The van der Waals surface area contributed by atoms with Crippen molar-refractivity contribution in [3.8, 4) is 11.5 Å². The molecule has 0 aliphatic carbocycles. The highest BCUT2D eigenvalue weighted by Gasteiger charge is 2.05. The van der Waals surface area contributed by atoms with Gasteiger partial charge in [0.15, 0.2) is 6.29 Å². The van der Waals surface area contributed by atoms with Crippen LogP contribution in [-0.4, -0.2) is 31.2 Å². The summed E-state index contributed by atoms with van der Waals surface area (Å²) in [5, 5.41) is 9.60. The predicted octanol–water partition coefficient (Wildman–Crippen LogP) is 2.48. The maximum atomic E-state index is 9.60. The van der Waals surface area contributed by atoms with Crippen molar-refractivity contribution in [1.29, 1.82) is 0 Å². The molecule has 2 rings (SSSR count). The molecule has 1 atom stereocenters. The Hall–Kier alpha value is -2.04. The van der Waals surface area contributed by atoms with Crippen LogP contribution in [-0.2, 0) is 4.74 Å². The maximum absolute atomic E-state index is 9.60. The molecule has 0 aromatic heterocycles. The van der Waals surface area contributed by atoms with Gasteiger partial charge >= 0.3 is 0 Å². The van der Waals surface area contributed by atoms with Crippen LogP contribution in [0.2, 0.25) is 0 Å². The number of hydrogen-bond donors (Lipinski definition) is 1. The first-order valence-corrected chi connectivity index (χ1v) is 6.50. The Morgan fingerprint density at radius 3 is 1.90 bits per heavy atom. The van der Waals surface area contributed by atoms with Crippen molar-refractivity contribution in [3.63, 3.8) is 0 Å². The van der Waals surface area contributed by atoms with Crippen molar-refractivity contribution in [2.24, 2.45) is 0 Å². The van der Waals surface area contributed by atoms with Crippen LogP contribution in [0, 0.1) is 0 Å². The minimum Gasteiger partial charge on any atom is -0.491 e. The lowest BCUT2D eigenvalue weighted by Crippen LogP contribution is -2.23. The number of hydrogen-bond acceptors (Lipinski definition) is 4. The highest BCUT2D eigenvalue weighted by Crippen LogP contribution is 2.09. The second-order valence-corrected chi connectivity index (χ2v) is 4.11. The van der Waals surface area contributed by atoms with E-state index in [9.17, 15) is 5.11 Å². The van der Waals surface area contributed by atoms with Crippen LogP contribution in [0.15, 0.2) is 60.7 Å². The third-order valence-corrected chi connectivity index (χ3v) is 2.54. The molecule has 2 aromatic rings. The molecule has 0 fully saturated rings. The van der Waals surface area contributed by atoms with Gasteiger partial charge in [0.05, 0.1) is 6.61 Å². The third kappa shape index (κ3) is 5.30. The molecule has 106 valence electrons. The summed E-state index contributed by atoms with van der Waals surface area (Å²) in [6.07, 6.45) is -0.963. The Kier molecular flexibility index (Phi) is 5.89. The quantitative estimate of drug-likeness (QED) is 0.593. The molecule has 0 aliphatic rings. The van der Waals surface area contributed by atoms with E-state index in [1.54, 1.807) is 0 Å². The number of rotatable bonds is 8. The van der Waals surface area contributed by atoms with Crippen LogP contribution in [0.25, 0.3) is 0 Å². The Morgan fingerprint density at radius 2 is 1.30 bits per heavy atom. The first kappa shape index (κ1) is 14.4. The molecule has 1 N–H and O–H groups in total. The summed E-state index contributed by atoms with van der Waals surface area (Å²) >= 11 is 0. The average Bonchev–Trinajstić information content (AvgIpc) is 2.52. The van der Waals surface area contributed by atoms with E-state index in [2.05, 4.69) is 0 Å². The summed E-state index contributed by atoms with van der Waals surface area (Å²) < 4.78 is 16.0. The normalized spacial score (nSPS) is 11.8. The van der Waals surface area contributed by atoms with Gasteiger partial charge in [0.25, 0.3) is 0 Å². The van der Waals surface area contributed by atoms with Crippen molar-refractivity contribution in [2.45, 2.75) is 6.29 Å². The first-order chi connectivity index (χ1) is 9.84. The van der Waals surface area contributed by atoms with Gasteiger partial charge in [-0.2, -0.15) is 0 Å². The van der Waals surface area contributed by atoms with Gasteiger partial charge in [0.2, 0.25) is 0 Å². The molecular weight excluding hydrogens is 256 g/mol. The fourth-order valence-corrected chi connectivity index (χ4v) is 1.59. The zero-order chi connectivity index (χ0) is 14.0. The van der Waals surface area contributed by atoms with Crippen molar-refractivity contribution in [1.82, 2.24) is 0 Å². The van der Waals surface area contributed by atoms with E-state index >= 15 is 0 Å². The second-order valence-electron chi connectivity index (χ2n) is 4.11. The number of aliphatic hydroxyl groups excluding tert-OH is 1. The minimum atomic E-state index is -0.963. The molecule has 0 bridgehead atoms. The molecular formula is C16H18O4. The van der Waals surface area contributed by atoms with Crippen molar-refractivity contribution in [2.75, 3.05) is 19.8 Å². The van der Waals surface area contributed by atoms with E-state index in [1.165, 1.54) is 0 Å². The van der Waals surface area contributed by atoms with E-state index in [0.29, 0.717) is 19.0 Å². The van der Waals surface area contributed by atoms with E-state index in [0.717, 1.165) is 5.75 Å². The van der Waals surface area contributed by atoms with E-state index in [4.69, 9.17) is 14.2 Å². The molecule has 0 spiro atoms. The average molecular weight is 274 g/mol. The Bertz CT molecular complexity index is 472.